The highest BCUT2D eigenvalue weighted by atomic mass is 35.5. The summed E-state index contributed by atoms with van der Waals surface area (Å²) in [5, 5.41) is -0.120. The minimum absolute atomic E-state index is 0.120. The van der Waals surface area contributed by atoms with Crippen LogP contribution in [0.25, 0.3) is 0 Å². The van der Waals surface area contributed by atoms with Gasteiger partial charge in [0.2, 0.25) is 15.8 Å². The van der Waals surface area contributed by atoms with Crippen LogP contribution in [0.5, 0.6) is 0 Å². The SMILES string of the molecule is C[C@@H](OC(=O)c1c(F)cccc1Cl)C(=O)c1ccc(NS(C)(=O)=O)cc1. The Bertz CT molecular complexity index is 924. The number of hydrogen-bond donors (Lipinski definition) is 1. The lowest BCUT2D eigenvalue weighted by Gasteiger charge is -2.14. The molecule has 0 radical (unpaired) electrons. The number of esters is 1. The number of sulfonamides is 1. The predicted molar refractivity (Wildman–Crippen MR) is 95.5 cm³/mol. The van der Waals surface area contributed by atoms with Crippen LogP contribution in [0.1, 0.15) is 27.6 Å². The van der Waals surface area contributed by atoms with Crippen molar-refractivity contribution < 1.29 is 27.1 Å². The first kappa shape index (κ1) is 19.9. The largest absolute Gasteiger partial charge is 0.451 e. The second-order valence-corrected chi connectivity index (χ2v) is 7.62. The van der Waals surface area contributed by atoms with Gasteiger partial charge >= 0.3 is 5.97 Å². The number of nitrogens with one attached hydrogen (secondary N) is 1. The fraction of sp³-hybridized carbons (Fsp3) is 0.176. The van der Waals surface area contributed by atoms with Gasteiger partial charge in [-0.05, 0) is 43.3 Å². The van der Waals surface area contributed by atoms with Crippen molar-refractivity contribution in [1.82, 2.24) is 0 Å². The third-order valence-corrected chi connectivity index (χ3v) is 4.21. The Balaban J connectivity index is 2.11. The Labute approximate surface area is 155 Å². The molecule has 0 saturated carbocycles. The van der Waals surface area contributed by atoms with Gasteiger partial charge in [-0.15, -0.1) is 0 Å². The van der Waals surface area contributed by atoms with E-state index in [1.165, 1.54) is 43.3 Å². The van der Waals surface area contributed by atoms with E-state index in [1.807, 2.05) is 0 Å². The van der Waals surface area contributed by atoms with E-state index in [4.69, 9.17) is 16.3 Å². The van der Waals surface area contributed by atoms with E-state index in [0.717, 1.165) is 12.3 Å². The molecule has 1 atom stereocenters. The maximum atomic E-state index is 13.7. The van der Waals surface area contributed by atoms with E-state index >= 15 is 0 Å². The molecule has 6 nitrogen and oxygen atoms in total. The second kappa shape index (κ2) is 7.84. The van der Waals surface area contributed by atoms with Crippen LogP contribution in [0.3, 0.4) is 0 Å². The molecular weight excluding hydrogens is 385 g/mol. The molecule has 0 aliphatic rings. The molecule has 0 aliphatic carbocycles. The van der Waals surface area contributed by atoms with Gasteiger partial charge in [-0.3, -0.25) is 9.52 Å². The van der Waals surface area contributed by atoms with Crippen LogP contribution in [0.15, 0.2) is 42.5 Å². The zero-order valence-corrected chi connectivity index (χ0v) is 15.4. The zero-order valence-electron chi connectivity index (χ0n) is 13.8. The highest BCUT2D eigenvalue weighted by molar-refractivity contribution is 7.92. The van der Waals surface area contributed by atoms with E-state index in [-0.39, 0.29) is 16.3 Å². The fourth-order valence-corrected chi connectivity index (χ4v) is 2.92. The number of Topliss-reactive ketones (excluding diaryl/α,β-unsaturated/α-hetero) is 1. The lowest BCUT2D eigenvalue weighted by Crippen LogP contribution is -2.25. The highest BCUT2D eigenvalue weighted by Gasteiger charge is 2.24. The molecule has 138 valence electrons. The van der Waals surface area contributed by atoms with Crippen molar-refractivity contribution >= 4 is 39.1 Å². The summed E-state index contributed by atoms with van der Waals surface area (Å²) in [6.07, 6.45) is -0.187. The number of ketones is 1. The summed E-state index contributed by atoms with van der Waals surface area (Å²) >= 11 is 5.79. The first-order valence-corrected chi connectivity index (χ1v) is 9.62. The number of rotatable bonds is 6. The van der Waals surface area contributed by atoms with Gasteiger partial charge in [0.25, 0.3) is 0 Å². The summed E-state index contributed by atoms with van der Waals surface area (Å²) in [6.45, 7) is 1.34. The topological polar surface area (TPSA) is 89.5 Å². The van der Waals surface area contributed by atoms with Crippen molar-refractivity contribution in [2.75, 3.05) is 11.0 Å². The lowest BCUT2D eigenvalue weighted by molar-refractivity contribution is 0.0314. The third-order valence-electron chi connectivity index (χ3n) is 3.29. The van der Waals surface area contributed by atoms with Crippen molar-refractivity contribution in [3.63, 3.8) is 0 Å². The molecule has 0 aliphatic heterocycles. The molecular formula is C17H15ClFNO5S. The average molecular weight is 400 g/mol. The molecule has 9 heteroatoms. The fourth-order valence-electron chi connectivity index (χ4n) is 2.12. The average Bonchev–Trinajstić information content (AvgIpc) is 2.53. The highest BCUT2D eigenvalue weighted by Crippen LogP contribution is 2.21. The second-order valence-electron chi connectivity index (χ2n) is 5.46. The molecule has 0 spiro atoms. The summed E-state index contributed by atoms with van der Waals surface area (Å²) in [6, 6.07) is 9.30. The predicted octanol–water partition coefficient (Wildman–Crippen LogP) is 3.28. The molecule has 1 N–H and O–H groups in total. The molecule has 2 aromatic rings. The van der Waals surface area contributed by atoms with Crippen LogP contribution in [0.2, 0.25) is 5.02 Å². The van der Waals surface area contributed by atoms with E-state index in [9.17, 15) is 22.4 Å². The van der Waals surface area contributed by atoms with Crippen LogP contribution < -0.4 is 4.72 Å². The van der Waals surface area contributed by atoms with Gasteiger partial charge in [0.1, 0.15) is 11.4 Å². The Morgan fingerprint density at radius 2 is 1.77 bits per heavy atom. The zero-order chi connectivity index (χ0) is 19.5. The summed E-state index contributed by atoms with van der Waals surface area (Å²) in [4.78, 5) is 24.4. The van der Waals surface area contributed by atoms with Crippen LogP contribution >= 0.6 is 11.6 Å². The molecule has 0 fully saturated rings. The van der Waals surface area contributed by atoms with E-state index in [2.05, 4.69) is 4.72 Å². The number of halogens is 2. The maximum absolute atomic E-state index is 13.7. The first-order chi connectivity index (χ1) is 12.1. The molecule has 0 bridgehead atoms. The number of anilines is 1. The third kappa shape index (κ3) is 5.03. The molecule has 0 aromatic heterocycles. The number of carbonyl (C=O) groups excluding carboxylic acids is 2. The molecule has 2 rings (SSSR count). The standard InChI is InChI=1S/C17H15ClFNO5S/c1-10(25-17(22)15-13(18)4-3-5-14(15)19)16(21)11-6-8-12(9-7-11)20-26(2,23)24/h3-10,20H,1-2H3/t10-/m1/s1. The van der Waals surface area contributed by atoms with Gasteiger partial charge in [0, 0.05) is 11.3 Å². The van der Waals surface area contributed by atoms with Crippen LogP contribution in [0.4, 0.5) is 10.1 Å². The van der Waals surface area contributed by atoms with E-state index in [1.54, 1.807) is 0 Å². The van der Waals surface area contributed by atoms with Gasteiger partial charge in [0.15, 0.2) is 6.10 Å². The van der Waals surface area contributed by atoms with Crippen molar-refractivity contribution in [3.8, 4) is 0 Å². The number of ether oxygens (including phenoxy) is 1. The number of hydrogen-bond acceptors (Lipinski definition) is 5. The quantitative estimate of drug-likeness (QED) is 0.594. The minimum atomic E-state index is -3.43. The van der Waals surface area contributed by atoms with Crippen LogP contribution in [-0.4, -0.2) is 32.5 Å². The Morgan fingerprint density at radius 3 is 2.31 bits per heavy atom. The molecule has 0 amide bonds. The summed E-state index contributed by atoms with van der Waals surface area (Å²) < 4.78 is 43.3. The smallest absolute Gasteiger partial charge is 0.343 e. The molecule has 2 aromatic carbocycles. The monoisotopic (exact) mass is 399 g/mol. The van der Waals surface area contributed by atoms with Gasteiger partial charge in [-0.2, -0.15) is 0 Å². The Kier molecular flexibility index (Phi) is 5.99. The van der Waals surface area contributed by atoms with Crippen molar-refractivity contribution in [3.05, 3.63) is 64.4 Å². The molecule has 0 unspecified atom stereocenters. The van der Waals surface area contributed by atoms with E-state index < -0.39 is 39.3 Å². The van der Waals surface area contributed by atoms with Gasteiger partial charge in [0.05, 0.1) is 11.3 Å². The molecule has 26 heavy (non-hydrogen) atoms. The van der Waals surface area contributed by atoms with Crippen LogP contribution in [-0.2, 0) is 14.8 Å². The van der Waals surface area contributed by atoms with Crippen LogP contribution in [0, 0.1) is 5.82 Å². The molecule has 0 heterocycles. The van der Waals surface area contributed by atoms with E-state index in [0.29, 0.717) is 0 Å². The normalized spacial score (nSPS) is 12.3. The molecule has 0 saturated heterocycles. The minimum Gasteiger partial charge on any atom is -0.451 e. The Hall–Kier alpha value is -2.45. The van der Waals surface area contributed by atoms with Gasteiger partial charge in [-0.1, -0.05) is 17.7 Å². The summed E-state index contributed by atoms with van der Waals surface area (Å²) in [5.41, 5.74) is 0.0392. The Morgan fingerprint density at radius 1 is 1.15 bits per heavy atom. The van der Waals surface area contributed by atoms with Gasteiger partial charge < -0.3 is 4.74 Å². The van der Waals surface area contributed by atoms with Crippen molar-refractivity contribution in [1.29, 1.82) is 0 Å². The number of benzene rings is 2. The van der Waals surface area contributed by atoms with Crippen molar-refractivity contribution in [2.24, 2.45) is 0 Å². The lowest BCUT2D eigenvalue weighted by atomic mass is 10.1. The summed E-state index contributed by atoms with van der Waals surface area (Å²) in [5.74, 6) is -2.43. The van der Waals surface area contributed by atoms with Crippen molar-refractivity contribution in [2.45, 2.75) is 13.0 Å². The maximum Gasteiger partial charge on any atom is 0.343 e. The first-order valence-electron chi connectivity index (χ1n) is 7.35. The number of carbonyl (C=O) groups is 2. The summed E-state index contributed by atoms with van der Waals surface area (Å²) in [7, 11) is -3.43. The van der Waals surface area contributed by atoms with Gasteiger partial charge in [-0.25, -0.2) is 17.6 Å².